The van der Waals surface area contributed by atoms with Crippen molar-refractivity contribution < 1.29 is 27.8 Å². The van der Waals surface area contributed by atoms with Gasteiger partial charge in [-0.3, -0.25) is 4.79 Å². The summed E-state index contributed by atoms with van der Waals surface area (Å²) in [4.78, 5) is 11.7. The molecule has 28 heavy (non-hydrogen) atoms. The van der Waals surface area contributed by atoms with E-state index in [9.17, 15) is 13.6 Å². The number of hydrogen-bond donors (Lipinski definition) is 0. The van der Waals surface area contributed by atoms with Crippen molar-refractivity contribution in [2.24, 2.45) is 0 Å². The minimum absolute atomic E-state index is 0.0173. The van der Waals surface area contributed by atoms with Crippen molar-refractivity contribution in [3.8, 4) is 17.2 Å². The molecule has 0 spiro atoms. The number of alkyl halides is 2. The zero-order valence-electron chi connectivity index (χ0n) is 16.1. The van der Waals surface area contributed by atoms with Crippen LogP contribution in [0.4, 0.5) is 8.78 Å². The molecule has 0 bridgehead atoms. The normalized spacial score (nSPS) is 10.8. The largest absolute Gasteiger partial charge is 0.493 e. The first-order valence-electron chi connectivity index (χ1n) is 9.09. The molecule has 0 aliphatic carbocycles. The highest BCUT2D eigenvalue weighted by Gasteiger charge is 2.19. The Morgan fingerprint density at radius 3 is 2.39 bits per heavy atom. The monoisotopic (exact) mass is 412 g/mol. The van der Waals surface area contributed by atoms with Crippen molar-refractivity contribution in [2.45, 2.75) is 46.6 Å². The molecule has 0 fully saturated rings. The topological polar surface area (TPSA) is 44.8 Å². The van der Waals surface area contributed by atoms with E-state index < -0.39 is 12.4 Å². The van der Waals surface area contributed by atoms with Crippen LogP contribution < -0.4 is 14.2 Å². The summed E-state index contributed by atoms with van der Waals surface area (Å²) in [5.41, 5.74) is 0.848. The Morgan fingerprint density at radius 1 is 1.07 bits per heavy atom. The fraction of sp³-hybridized carbons (Fsp3) is 0.381. The molecule has 0 heterocycles. The highest BCUT2D eigenvalue weighted by atomic mass is 35.5. The highest BCUT2D eigenvalue weighted by molar-refractivity contribution is 6.31. The van der Waals surface area contributed by atoms with Crippen molar-refractivity contribution >= 4 is 17.6 Å². The quantitative estimate of drug-likeness (QED) is 0.367. The lowest BCUT2D eigenvalue weighted by Crippen LogP contribution is -2.10. The summed E-state index contributed by atoms with van der Waals surface area (Å²) in [5, 5.41) is 0.359. The van der Waals surface area contributed by atoms with E-state index >= 15 is 0 Å². The molecule has 0 atom stereocenters. The Balaban J connectivity index is 2.37. The average molecular weight is 413 g/mol. The molecule has 0 amide bonds. The fourth-order valence-electron chi connectivity index (χ4n) is 2.60. The SMILES string of the molecule is CCOc1cccc(OC(=O)CC)c1COc1cc(Cl)c(CC)cc1C(F)F. The van der Waals surface area contributed by atoms with E-state index in [0.717, 1.165) is 0 Å². The third-order valence-corrected chi connectivity index (χ3v) is 4.42. The van der Waals surface area contributed by atoms with Gasteiger partial charge in [-0.15, -0.1) is 0 Å². The van der Waals surface area contributed by atoms with Crippen LogP contribution in [-0.2, 0) is 17.8 Å². The Labute approximate surface area is 168 Å². The van der Waals surface area contributed by atoms with E-state index in [2.05, 4.69) is 0 Å². The summed E-state index contributed by atoms with van der Waals surface area (Å²) in [6.45, 7) is 5.59. The van der Waals surface area contributed by atoms with Gasteiger partial charge in [0.15, 0.2) is 0 Å². The van der Waals surface area contributed by atoms with Crippen LogP contribution in [0.15, 0.2) is 30.3 Å². The van der Waals surface area contributed by atoms with E-state index in [1.54, 1.807) is 25.1 Å². The van der Waals surface area contributed by atoms with Gasteiger partial charge in [0.1, 0.15) is 23.9 Å². The van der Waals surface area contributed by atoms with Crippen LogP contribution in [0, 0.1) is 0 Å². The third kappa shape index (κ3) is 5.35. The first-order chi connectivity index (χ1) is 13.4. The molecular weight excluding hydrogens is 390 g/mol. The summed E-state index contributed by atoms with van der Waals surface area (Å²) in [7, 11) is 0. The molecule has 4 nitrogen and oxygen atoms in total. The van der Waals surface area contributed by atoms with Crippen molar-refractivity contribution in [2.75, 3.05) is 6.61 Å². The Hall–Kier alpha value is -2.34. The van der Waals surface area contributed by atoms with Crippen LogP contribution >= 0.6 is 11.6 Å². The number of ether oxygens (including phenoxy) is 3. The number of benzene rings is 2. The van der Waals surface area contributed by atoms with Crippen molar-refractivity contribution in [1.82, 2.24) is 0 Å². The number of rotatable bonds is 9. The second-order valence-corrected chi connectivity index (χ2v) is 6.33. The van der Waals surface area contributed by atoms with Crippen molar-refractivity contribution in [3.63, 3.8) is 0 Å². The number of aryl methyl sites for hydroxylation is 1. The van der Waals surface area contributed by atoms with Crippen LogP contribution in [0.2, 0.25) is 5.02 Å². The lowest BCUT2D eigenvalue weighted by molar-refractivity contribution is -0.134. The van der Waals surface area contributed by atoms with Gasteiger partial charge in [-0.05, 0) is 43.2 Å². The molecule has 2 aromatic carbocycles. The third-order valence-electron chi connectivity index (χ3n) is 4.07. The molecule has 0 aromatic heterocycles. The molecule has 7 heteroatoms. The predicted molar refractivity (Wildman–Crippen MR) is 104 cm³/mol. The predicted octanol–water partition coefficient (Wildman–Crippen LogP) is 6.13. The Kier molecular flexibility index (Phi) is 8.05. The molecule has 0 saturated heterocycles. The number of halogens is 3. The van der Waals surface area contributed by atoms with E-state index in [0.29, 0.717) is 34.9 Å². The van der Waals surface area contributed by atoms with Crippen LogP contribution in [0.25, 0.3) is 0 Å². The maximum atomic E-state index is 13.5. The summed E-state index contributed by atoms with van der Waals surface area (Å²) in [5.74, 6) is 0.293. The van der Waals surface area contributed by atoms with Gasteiger partial charge in [0.05, 0.1) is 17.7 Å². The molecule has 0 aliphatic heterocycles. The van der Waals surface area contributed by atoms with Gasteiger partial charge in [0, 0.05) is 11.4 Å². The van der Waals surface area contributed by atoms with Crippen molar-refractivity contribution in [1.29, 1.82) is 0 Å². The second-order valence-electron chi connectivity index (χ2n) is 5.92. The molecule has 0 N–H and O–H groups in total. The summed E-state index contributed by atoms with van der Waals surface area (Å²) in [6, 6.07) is 7.74. The van der Waals surface area contributed by atoms with Crippen LogP contribution in [0.5, 0.6) is 17.2 Å². The van der Waals surface area contributed by atoms with E-state index in [-0.39, 0.29) is 30.1 Å². The summed E-state index contributed by atoms with van der Waals surface area (Å²) < 4.78 is 43.5. The molecule has 0 saturated carbocycles. The molecule has 2 aromatic rings. The maximum absolute atomic E-state index is 13.5. The molecule has 0 unspecified atom stereocenters. The molecular formula is C21H23ClF2O4. The Bertz CT molecular complexity index is 824. The van der Waals surface area contributed by atoms with Crippen LogP contribution in [-0.4, -0.2) is 12.6 Å². The zero-order valence-corrected chi connectivity index (χ0v) is 16.8. The molecule has 0 aliphatic rings. The van der Waals surface area contributed by atoms with Gasteiger partial charge in [0.25, 0.3) is 6.43 Å². The Morgan fingerprint density at radius 2 is 1.79 bits per heavy atom. The molecule has 152 valence electrons. The van der Waals surface area contributed by atoms with Gasteiger partial charge < -0.3 is 14.2 Å². The maximum Gasteiger partial charge on any atom is 0.310 e. The first-order valence-corrected chi connectivity index (χ1v) is 9.47. The molecule has 0 radical (unpaired) electrons. The van der Waals surface area contributed by atoms with Gasteiger partial charge in [0.2, 0.25) is 0 Å². The highest BCUT2D eigenvalue weighted by Crippen LogP contribution is 2.36. The minimum atomic E-state index is -2.71. The van der Waals surface area contributed by atoms with Gasteiger partial charge in [-0.25, -0.2) is 8.78 Å². The molecule has 2 rings (SSSR count). The van der Waals surface area contributed by atoms with Gasteiger partial charge in [-0.2, -0.15) is 0 Å². The van der Waals surface area contributed by atoms with E-state index in [4.69, 9.17) is 25.8 Å². The smallest absolute Gasteiger partial charge is 0.310 e. The zero-order chi connectivity index (χ0) is 20.7. The van der Waals surface area contributed by atoms with E-state index in [1.165, 1.54) is 12.1 Å². The fourth-order valence-corrected chi connectivity index (χ4v) is 2.89. The summed E-state index contributed by atoms with van der Waals surface area (Å²) >= 11 is 6.17. The number of hydrogen-bond acceptors (Lipinski definition) is 4. The van der Waals surface area contributed by atoms with Gasteiger partial charge in [-0.1, -0.05) is 31.5 Å². The first kappa shape index (κ1) is 22.0. The minimum Gasteiger partial charge on any atom is -0.493 e. The van der Waals surface area contributed by atoms with Crippen molar-refractivity contribution in [3.05, 3.63) is 52.0 Å². The van der Waals surface area contributed by atoms with Crippen LogP contribution in [0.1, 0.15) is 50.3 Å². The van der Waals surface area contributed by atoms with Gasteiger partial charge >= 0.3 is 5.97 Å². The number of carbonyl (C=O) groups excluding carboxylic acids is 1. The second kappa shape index (κ2) is 10.3. The van der Waals surface area contributed by atoms with E-state index in [1.807, 2.05) is 13.8 Å². The van der Waals surface area contributed by atoms with Crippen LogP contribution in [0.3, 0.4) is 0 Å². The number of esters is 1. The standard InChI is InChI=1S/C21H23ClF2O4/c1-4-13-10-14(21(23)24)19(11-16(13)22)27-12-15-17(26-6-3)8-7-9-18(15)28-20(25)5-2/h7-11,21H,4-6,12H2,1-3H3. The summed E-state index contributed by atoms with van der Waals surface area (Å²) in [6.07, 6.45) is -1.98. The lowest BCUT2D eigenvalue weighted by Gasteiger charge is -2.17. The lowest BCUT2D eigenvalue weighted by atomic mass is 10.1. The average Bonchev–Trinajstić information content (AvgIpc) is 2.67. The number of carbonyl (C=O) groups is 1.